The molecule has 0 saturated carbocycles. The first-order valence-electron chi connectivity index (χ1n) is 5.52. The smallest absolute Gasteiger partial charge is 0.142 e. The molecule has 0 unspecified atom stereocenters. The molecular formula is C14H16N2O2. The second kappa shape index (κ2) is 4.87. The summed E-state index contributed by atoms with van der Waals surface area (Å²) in [5.74, 6) is 1.37. The summed E-state index contributed by atoms with van der Waals surface area (Å²) in [5.41, 5.74) is 14.8. The van der Waals surface area contributed by atoms with Gasteiger partial charge in [0.25, 0.3) is 0 Å². The summed E-state index contributed by atoms with van der Waals surface area (Å²) >= 11 is 0. The van der Waals surface area contributed by atoms with Crippen LogP contribution in [0.15, 0.2) is 36.4 Å². The number of nitrogen functional groups attached to an aromatic ring is 2. The molecule has 0 aliphatic rings. The van der Waals surface area contributed by atoms with E-state index in [0.29, 0.717) is 17.1 Å². The second-order valence-electron chi connectivity index (χ2n) is 3.95. The van der Waals surface area contributed by atoms with Crippen LogP contribution in [0.4, 0.5) is 11.4 Å². The van der Waals surface area contributed by atoms with Crippen LogP contribution >= 0.6 is 0 Å². The third-order valence-electron chi connectivity index (χ3n) is 2.73. The molecule has 18 heavy (non-hydrogen) atoms. The number of anilines is 2. The first-order valence-corrected chi connectivity index (χ1v) is 5.52. The first kappa shape index (κ1) is 12.1. The Bertz CT molecular complexity index is 568. The molecule has 0 saturated heterocycles. The zero-order valence-electron chi connectivity index (χ0n) is 10.4. The molecule has 0 spiro atoms. The van der Waals surface area contributed by atoms with Crippen LogP contribution in [0.1, 0.15) is 0 Å². The van der Waals surface area contributed by atoms with Crippen molar-refractivity contribution < 1.29 is 9.47 Å². The van der Waals surface area contributed by atoms with Crippen molar-refractivity contribution in [3.63, 3.8) is 0 Å². The largest absolute Gasteiger partial charge is 0.497 e. The van der Waals surface area contributed by atoms with Gasteiger partial charge >= 0.3 is 0 Å². The number of nitrogens with two attached hydrogens (primary N) is 2. The highest BCUT2D eigenvalue weighted by Crippen LogP contribution is 2.32. The summed E-state index contributed by atoms with van der Waals surface area (Å²) in [6, 6.07) is 11.2. The molecule has 0 bridgehead atoms. The standard InChI is InChI=1S/C14H16N2O2/c1-17-12-6-10(5-11(15)8-12)9-3-4-13(16)14(7-9)18-2/h3-8H,15-16H2,1-2H3. The van der Waals surface area contributed by atoms with Crippen LogP contribution in [-0.4, -0.2) is 14.2 Å². The highest BCUT2D eigenvalue weighted by molar-refractivity contribution is 5.73. The summed E-state index contributed by atoms with van der Waals surface area (Å²) < 4.78 is 10.4. The Balaban J connectivity index is 2.51. The molecule has 0 radical (unpaired) electrons. The molecule has 2 aromatic rings. The van der Waals surface area contributed by atoms with Crippen molar-refractivity contribution in [1.29, 1.82) is 0 Å². The molecule has 4 heteroatoms. The average Bonchev–Trinajstić information content (AvgIpc) is 2.38. The Labute approximate surface area is 106 Å². The van der Waals surface area contributed by atoms with Crippen LogP contribution in [0.5, 0.6) is 11.5 Å². The molecule has 0 heterocycles. The molecule has 0 aliphatic heterocycles. The van der Waals surface area contributed by atoms with Crippen molar-refractivity contribution in [2.75, 3.05) is 25.7 Å². The Hall–Kier alpha value is -2.36. The maximum atomic E-state index is 5.84. The van der Waals surface area contributed by atoms with Crippen LogP contribution in [0, 0.1) is 0 Å². The number of ether oxygens (including phenoxy) is 2. The average molecular weight is 244 g/mol. The van der Waals surface area contributed by atoms with Crippen LogP contribution < -0.4 is 20.9 Å². The number of hydrogen-bond donors (Lipinski definition) is 2. The lowest BCUT2D eigenvalue weighted by Crippen LogP contribution is -1.93. The van der Waals surface area contributed by atoms with Gasteiger partial charge in [-0.3, -0.25) is 0 Å². The van der Waals surface area contributed by atoms with Crippen LogP contribution in [0.3, 0.4) is 0 Å². The van der Waals surface area contributed by atoms with Gasteiger partial charge < -0.3 is 20.9 Å². The number of benzene rings is 2. The van der Waals surface area contributed by atoms with E-state index >= 15 is 0 Å². The highest BCUT2D eigenvalue weighted by atomic mass is 16.5. The topological polar surface area (TPSA) is 70.5 Å². The lowest BCUT2D eigenvalue weighted by Gasteiger charge is -2.10. The van der Waals surface area contributed by atoms with Gasteiger partial charge in [0, 0.05) is 11.8 Å². The van der Waals surface area contributed by atoms with E-state index < -0.39 is 0 Å². The zero-order chi connectivity index (χ0) is 13.1. The highest BCUT2D eigenvalue weighted by Gasteiger charge is 2.05. The predicted molar refractivity (Wildman–Crippen MR) is 73.8 cm³/mol. The van der Waals surface area contributed by atoms with E-state index in [0.717, 1.165) is 16.9 Å². The van der Waals surface area contributed by atoms with Crippen molar-refractivity contribution in [3.8, 4) is 22.6 Å². The van der Waals surface area contributed by atoms with Gasteiger partial charge in [-0.25, -0.2) is 0 Å². The summed E-state index contributed by atoms with van der Waals surface area (Å²) in [5, 5.41) is 0. The molecule has 0 fully saturated rings. The molecule has 94 valence electrons. The molecule has 2 rings (SSSR count). The SMILES string of the molecule is COc1cc(N)cc(-c2ccc(N)c(OC)c2)c1. The Kier molecular flexibility index (Phi) is 3.28. The van der Waals surface area contributed by atoms with Crippen molar-refractivity contribution >= 4 is 11.4 Å². The minimum Gasteiger partial charge on any atom is -0.497 e. The Morgan fingerprint density at radius 3 is 2.28 bits per heavy atom. The van der Waals surface area contributed by atoms with Gasteiger partial charge in [0.1, 0.15) is 11.5 Å². The van der Waals surface area contributed by atoms with Crippen molar-refractivity contribution in [3.05, 3.63) is 36.4 Å². The van der Waals surface area contributed by atoms with E-state index in [9.17, 15) is 0 Å². The van der Waals surface area contributed by atoms with Gasteiger partial charge in [-0.15, -0.1) is 0 Å². The van der Waals surface area contributed by atoms with E-state index in [1.165, 1.54) is 0 Å². The normalized spacial score (nSPS) is 10.1. The maximum Gasteiger partial charge on any atom is 0.142 e. The fourth-order valence-corrected chi connectivity index (χ4v) is 1.80. The molecule has 0 aliphatic carbocycles. The van der Waals surface area contributed by atoms with E-state index in [2.05, 4.69) is 0 Å². The molecule has 0 aromatic heterocycles. The molecule has 4 N–H and O–H groups in total. The summed E-state index contributed by atoms with van der Waals surface area (Å²) in [4.78, 5) is 0. The lowest BCUT2D eigenvalue weighted by molar-refractivity contribution is 0.415. The predicted octanol–water partition coefficient (Wildman–Crippen LogP) is 2.54. The number of hydrogen-bond acceptors (Lipinski definition) is 4. The van der Waals surface area contributed by atoms with E-state index in [-0.39, 0.29) is 0 Å². The monoisotopic (exact) mass is 244 g/mol. The maximum absolute atomic E-state index is 5.84. The van der Waals surface area contributed by atoms with Crippen molar-refractivity contribution in [1.82, 2.24) is 0 Å². The lowest BCUT2D eigenvalue weighted by atomic mass is 10.0. The minimum atomic E-state index is 0.608. The van der Waals surface area contributed by atoms with Crippen molar-refractivity contribution in [2.24, 2.45) is 0 Å². The van der Waals surface area contributed by atoms with Gasteiger partial charge in [-0.05, 0) is 35.4 Å². The van der Waals surface area contributed by atoms with Gasteiger partial charge in [-0.2, -0.15) is 0 Å². The Morgan fingerprint density at radius 1 is 0.833 bits per heavy atom. The van der Waals surface area contributed by atoms with E-state index in [1.54, 1.807) is 20.3 Å². The molecule has 0 atom stereocenters. The summed E-state index contributed by atoms with van der Waals surface area (Å²) in [6.45, 7) is 0. The van der Waals surface area contributed by atoms with Crippen LogP contribution in [0.2, 0.25) is 0 Å². The van der Waals surface area contributed by atoms with E-state index in [4.69, 9.17) is 20.9 Å². The molecule has 2 aromatic carbocycles. The molecular weight excluding hydrogens is 228 g/mol. The quantitative estimate of drug-likeness (QED) is 0.814. The number of rotatable bonds is 3. The third-order valence-corrected chi connectivity index (χ3v) is 2.73. The van der Waals surface area contributed by atoms with Gasteiger partial charge in [0.05, 0.1) is 19.9 Å². The molecule has 4 nitrogen and oxygen atoms in total. The van der Waals surface area contributed by atoms with Crippen molar-refractivity contribution in [2.45, 2.75) is 0 Å². The van der Waals surface area contributed by atoms with Crippen LogP contribution in [0.25, 0.3) is 11.1 Å². The minimum absolute atomic E-state index is 0.608. The van der Waals surface area contributed by atoms with E-state index in [1.807, 2.05) is 30.3 Å². The Morgan fingerprint density at radius 2 is 1.61 bits per heavy atom. The second-order valence-corrected chi connectivity index (χ2v) is 3.95. The first-order chi connectivity index (χ1) is 8.63. The summed E-state index contributed by atoms with van der Waals surface area (Å²) in [6.07, 6.45) is 0. The molecule has 0 amide bonds. The van der Waals surface area contributed by atoms with Gasteiger partial charge in [-0.1, -0.05) is 6.07 Å². The van der Waals surface area contributed by atoms with Crippen LogP contribution in [-0.2, 0) is 0 Å². The fourth-order valence-electron chi connectivity index (χ4n) is 1.80. The van der Waals surface area contributed by atoms with Gasteiger partial charge in [0.15, 0.2) is 0 Å². The summed E-state index contributed by atoms with van der Waals surface area (Å²) in [7, 11) is 3.21. The number of methoxy groups -OCH3 is 2. The third kappa shape index (κ3) is 2.32. The zero-order valence-corrected chi connectivity index (χ0v) is 10.4. The fraction of sp³-hybridized carbons (Fsp3) is 0.143. The van der Waals surface area contributed by atoms with Gasteiger partial charge in [0.2, 0.25) is 0 Å².